The fraction of sp³-hybridized carbons (Fsp3) is 0.333. The van der Waals surface area contributed by atoms with Gasteiger partial charge >= 0.3 is 0 Å². The van der Waals surface area contributed by atoms with Crippen molar-refractivity contribution in [3.63, 3.8) is 0 Å². The van der Waals surface area contributed by atoms with Gasteiger partial charge in [0.1, 0.15) is 11.5 Å². The molecule has 0 spiro atoms. The molecule has 0 bridgehead atoms. The number of amides is 1. The van der Waals surface area contributed by atoms with Crippen molar-refractivity contribution in [3.8, 4) is 5.75 Å². The summed E-state index contributed by atoms with van der Waals surface area (Å²) in [7, 11) is 0. The first kappa shape index (κ1) is 14.1. The molecule has 0 aliphatic heterocycles. The number of carbonyl (C=O) groups is 1. The number of nitrogens with one attached hydrogen (secondary N) is 1. The molecule has 2 rings (SSSR count). The van der Waals surface area contributed by atoms with Gasteiger partial charge < -0.3 is 14.6 Å². The van der Waals surface area contributed by atoms with Gasteiger partial charge in [0.25, 0.3) is 5.91 Å². The van der Waals surface area contributed by atoms with Crippen LogP contribution in [0.15, 0.2) is 34.9 Å². The van der Waals surface area contributed by atoms with E-state index in [0.717, 1.165) is 6.42 Å². The second kappa shape index (κ2) is 6.23. The van der Waals surface area contributed by atoms with E-state index in [1.807, 2.05) is 24.3 Å². The van der Waals surface area contributed by atoms with Crippen molar-refractivity contribution < 1.29 is 14.1 Å². The van der Waals surface area contributed by atoms with Crippen LogP contribution >= 0.6 is 0 Å². The lowest BCUT2D eigenvalue weighted by atomic mass is 10.2. The Balaban J connectivity index is 1.96. The second-order valence-corrected chi connectivity index (χ2v) is 4.57. The molecule has 0 saturated carbocycles. The van der Waals surface area contributed by atoms with Crippen LogP contribution in [0.1, 0.15) is 25.2 Å². The SMILES string of the molecule is CCc1cccc(OC(C)C(=O)Nc2cc(C)on2)c1. The normalized spacial score (nSPS) is 11.9. The molecule has 20 heavy (non-hydrogen) atoms. The molecule has 0 fully saturated rings. The van der Waals surface area contributed by atoms with Crippen LogP contribution in [0, 0.1) is 6.92 Å². The van der Waals surface area contributed by atoms with Crippen molar-refractivity contribution in [2.24, 2.45) is 0 Å². The molecule has 5 nitrogen and oxygen atoms in total. The van der Waals surface area contributed by atoms with Crippen molar-refractivity contribution >= 4 is 11.7 Å². The predicted molar refractivity (Wildman–Crippen MR) is 75.8 cm³/mol. The third-order valence-corrected chi connectivity index (χ3v) is 2.87. The molecule has 106 valence electrons. The zero-order chi connectivity index (χ0) is 14.5. The highest BCUT2D eigenvalue weighted by atomic mass is 16.5. The summed E-state index contributed by atoms with van der Waals surface area (Å²) in [6.45, 7) is 5.53. The maximum Gasteiger partial charge on any atom is 0.266 e. The summed E-state index contributed by atoms with van der Waals surface area (Å²) in [4.78, 5) is 12.0. The molecule has 1 amide bonds. The van der Waals surface area contributed by atoms with E-state index >= 15 is 0 Å². The Morgan fingerprint density at radius 1 is 1.45 bits per heavy atom. The molecule has 0 saturated heterocycles. The minimum Gasteiger partial charge on any atom is -0.481 e. The van der Waals surface area contributed by atoms with Crippen LogP contribution < -0.4 is 10.1 Å². The van der Waals surface area contributed by atoms with Gasteiger partial charge in [-0.25, -0.2) is 0 Å². The summed E-state index contributed by atoms with van der Waals surface area (Å²) in [6, 6.07) is 9.37. The Labute approximate surface area is 117 Å². The molecule has 1 aromatic carbocycles. The van der Waals surface area contributed by atoms with Crippen LogP contribution in [-0.4, -0.2) is 17.2 Å². The van der Waals surface area contributed by atoms with Gasteiger partial charge in [-0.1, -0.05) is 24.2 Å². The summed E-state index contributed by atoms with van der Waals surface area (Å²) >= 11 is 0. The zero-order valence-corrected chi connectivity index (χ0v) is 11.8. The minimum absolute atomic E-state index is 0.264. The van der Waals surface area contributed by atoms with Crippen LogP contribution in [0.4, 0.5) is 5.82 Å². The van der Waals surface area contributed by atoms with Crippen LogP contribution in [-0.2, 0) is 11.2 Å². The van der Waals surface area contributed by atoms with E-state index in [-0.39, 0.29) is 5.91 Å². The van der Waals surface area contributed by atoms with Crippen molar-refractivity contribution in [1.82, 2.24) is 5.16 Å². The zero-order valence-electron chi connectivity index (χ0n) is 11.8. The molecule has 1 N–H and O–H groups in total. The van der Waals surface area contributed by atoms with E-state index < -0.39 is 6.10 Å². The number of nitrogens with zero attached hydrogens (tertiary/aromatic N) is 1. The quantitative estimate of drug-likeness (QED) is 0.910. The molecule has 2 aromatic rings. The molecule has 1 aromatic heterocycles. The second-order valence-electron chi connectivity index (χ2n) is 4.57. The lowest BCUT2D eigenvalue weighted by molar-refractivity contribution is -0.122. The molecular weight excluding hydrogens is 256 g/mol. The van der Waals surface area contributed by atoms with Crippen LogP contribution in [0.5, 0.6) is 5.75 Å². The Morgan fingerprint density at radius 3 is 2.90 bits per heavy atom. The Bertz CT molecular complexity index is 592. The smallest absolute Gasteiger partial charge is 0.266 e. The highest BCUT2D eigenvalue weighted by Crippen LogP contribution is 2.16. The van der Waals surface area contributed by atoms with Gasteiger partial charge in [-0.2, -0.15) is 0 Å². The first-order valence-electron chi connectivity index (χ1n) is 6.58. The number of carbonyl (C=O) groups excluding carboxylic acids is 1. The third-order valence-electron chi connectivity index (χ3n) is 2.87. The topological polar surface area (TPSA) is 64.4 Å². The average Bonchev–Trinajstić information content (AvgIpc) is 2.84. The van der Waals surface area contributed by atoms with Crippen molar-refractivity contribution in [1.29, 1.82) is 0 Å². The molecular formula is C15H18N2O3. The summed E-state index contributed by atoms with van der Waals surface area (Å²) in [5.41, 5.74) is 1.17. The third kappa shape index (κ3) is 3.60. The molecule has 5 heteroatoms. The summed E-state index contributed by atoms with van der Waals surface area (Å²) in [5, 5.41) is 6.35. The van der Waals surface area contributed by atoms with Gasteiger partial charge in [-0.05, 0) is 38.0 Å². The summed E-state index contributed by atoms with van der Waals surface area (Å²) < 4.78 is 10.5. The number of rotatable bonds is 5. The van der Waals surface area contributed by atoms with Crippen molar-refractivity contribution in [2.75, 3.05) is 5.32 Å². The van der Waals surface area contributed by atoms with Crippen LogP contribution in [0.3, 0.4) is 0 Å². The molecule has 0 aliphatic rings. The van der Waals surface area contributed by atoms with Gasteiger partial charge in [0.15, 0.2) is 11.9 Å². The largest absolute Gasteiger partial charge is 0.481 e. The molecule has 1 atom stereocenters. The standard InChI is InChI=1S/C15H18N2O3/c1-4-12-6-5-7-13(9-12)19-11(3)15(18)16-14-8-10(2)20-17-14/h5-9,11H,4H2,1-3H3,(H,16,17,18). The monoisotopic (exact) mass is 274 g/mol. The van der Waals surface area contributed by atoms with E-state index in [9.17, 15) is 4.79 Å². The Hall–Kier alpha value is -2.30. The van der Waals surface area contributed by atoms with Crippen molar-refractivity contribution in [2.45, 2.75) is 33.3 Å². The maximum atomic E-state index is 12.0. The van der Waals surface area contributed by atoms with Gasteiger partial charge in [0.05, 0.1) is 0 Å². The number of anilines is 1. The van der Waals surface area contributed by atoms with Gasteiger partial charge in [-0.15, -0.1) is 0 Å². The van der Waals surface area contributed by atoms with Gasteiger partial charge in [0, 0.05) is 6.07 Å². The maximum absolute atomic E-state index is 12.0. The number of aromatic nitrogens is 1. The average molecular weight is 274 g/mol. The van der Waals surface area contributed by atoms with E-state index in [2.05, 4.69) is 17.4 Å². The highest BCUT2D eigenvalue weighted by Gasteiger charge is 2.16. The van der Waals surface area contributed by atoms with Crippen LogP contribution in [0.2, 0.25) is 0 Å². The van der Waals surface area contributed by atoms with E-state index in [0.29, 0.717) is 17.3 Å². The minimum atomic E-state index is -0.612. The Kier molecular flexibility index (Phi) is 4.40. The fourth-order valence-corrected chi connectivity index (χ4v) is 1.75. The first-order chi connectivity index (χ1) is 9.58. The van der Waals surface area contributed by atoms with Gasteiger partial charge in [0.2, 0.25) is 0 Å². The summed E-state index contributed by atoms with van der Waals surface area (Å²) in [6.07, 6.45) is 0.315. The molecule has 1 heterocycles. The highest BCUT2D eigenvalue weighted by molar-refractivity contribution is 5.93. The number of benzene rings is 1. The number of hydrogen-bond acceptors (Lipinski definition) is 4. The summed E-state index contributed by atoms with van der Waals surface area (Å²) in [5.74, 6) is 1.46. The number of aryl methyl sites for hydroxylation is 2. The fourth-order valence-electron chi connectivity index (χ4n) is 1.75. The van der Waals surface area contributed by atoms with E-state index in [1.165, 1.54) is 5.56 Å². The van der Waals surface area contributed by atoms with E-state index in [1.54, 1.807) is 19.9 Å². The number of hydrogen-bond donors (Lipinski definition) is 1. The van der Waals surface area contributed by atoms with Crippen LogP contribution in [0.25, 0.3) is 0 Å². The molecule has 0 radical (unpaired) electrons. The first-order valence-corrected chi connectivity index (χ1v) is 6.58. The van der Waals surface area contributed by atoms with Crippen molar-refractivity contribution in [3.05, 3.63) is 41.7 Å². The van der Waals surface area contributed by atoms with E-state index in [4.69, 9.17) is 9.26 Å². The lowest BCUT2D eigenvalue weighted by Gasteiger charge is -2.14. The molecule has 1 unspecified atom stereocenters. The van der Waals surface area contributed by atoms with Gasteiger partial charge in [-0.3, -0.25) is 4.79 Å². The number of ether oxygens (including phenoxy) is 1. The predicted octanol–water partition coefficient (Wildman–Crippen LogP) is 2.95. The molecule has 0 aliphatic carbocycles. The Morgan fingerprint density at radius 2 is 2.25 bits per heavy atom. The lowest BCUT2D eigenvalue weighted by Crippen LogP contribution is -2.30.